The molecule has 0 unspecified atom stereocenters. The molecule has 0 saturated heterocycles. The average Bonchev–Trinajstić information content (AvgIpc) is 3.13. The number of amides is 2. The number of hydrogen-bond acceptors (Lipinski definition) is 7. The van der Waals surface area contributed by atoms with E-state index in [4.69, 9.17) is 4.74 Å². The lowest BCUT2D eigenvalue weighted by Gasteiger charge is -2.04. The second-order valence-corrected chi connectivity index (χ2v) is 7.57. The summed E-state index contributed by atoms with van der Waals surface area (Å²) in [4.78, 5) is 23.8. The number of carbonyl (C=O) groups is 2. The molecule has 3 aromatic rings. The number of halogens is 1. The Balaban J connectivity index is 1.42. The van der Waals surface area contributed by atoms with E-state index in [0.29, 0.717) is 20.9 Å². The molecule has 10 heteroatoms. The van der Waals surface area contributed by atoms with E-state index in [0.717, 1.165) is 11.3 Å². The van der Waals surface area contributed by atoms with E-state index < -0.39 is 5.82 Å². The van der Waals surface area contributed by atoms with E-state index in [1.165, 1.54) is 30.0 Å². The maximum atomic E-state index is 13.1. The molecule has 0 bridgehead atoms. The molecule has 0 fully saturated rings. The molecule has 144 valence electrons. The zero-order valence-corrected chi connectivity index (χ0v) is 16.1. The fraction of sp³-hybridized carbons (Fsp3) is 0.111. The molecule has 2 N–H and O–H groups in total. The highest BCUT2D eigenvalue weighted by Gasteiger charge is 2.11. The van der Waals surface area contributed by atoms with Gasteiger partial charge in [-0.2, -0.15) is 0 Å². The van der Waals surface area contributed by atoms with Crippen LogP contribution >= 0.6 is 23.1 Å². The summed E-state index contributed by atoms with van der Waals surface area (Å²) in [6.07, 6.45) is 0. The molecule has 0 atom stereocenters. The highest BCUT2D eigenvalue weighted by Crippen LogP contribution is 2.25. The number of aromatic nitrogens is 2. The lowest BCUT2D eigenvalue weighted by Crippen LogP contribution is -2.20. The number of carbonyl (C=O) groups excluding carboxylic acids is 2. The Labute approximate surface area is 168 Å². The summed E-state index contributed by atoms with van der Waals surface area (Å²) in [5.41, 5.74) is 0.384. The molecule has 0 aliphatic rings. The van der Waals surface area contributed by atoms with Crippen LogP contribution in [0.1, 0.15) is 0 Å². The second kappa shape index (κ2) is 9.81. The predicted molar refractivity (Wildman–Crippen MR) is 106 cm³/mol. The number of para-hydroxylation sites is 1. The van der Waals surface area contributed by atoms with Crippen LogP contribution in [0.4, 0.5) is 15.2 Å². The lowest BCUT2D eigenvalue weighted by atomic mass is 10.3. The van der Waals surface area contributed by atoms with E-state index in [9.17, 15) is 14.0 Å². The maximum absolute atomic E-state index is 13.1. The van der Waals surface area contributed by atoms with E-state index in [-0.39, 0.29) is 24.2 Å². The van der Waals surface area contributed by atoms with E-state index in [1.807, 2.05) is 18.2 Å². The summed E-state index contributed by atoms with van der Waals surface area (Å²) in [6.45, 7) is -0.151. The molecule has 2 aromatic carbocycles. The number of benzene rings is 2. The standard InChI is InChI=1S/C18H15FN4O3S2/c19-12-5-4-6-13(9-12)20-16(25)11-27-18-23-22-17(28-18)21-15(24)10-26-14-7-2-1-3-8-14/h1-9H,10-11H2,(H,20,25)(H,21,22,24). The van der Waals surface area contributed by atoms with Crippen molar-refractivity contribution in [1.29, 1.82) is 0 Å². The summed E-state index contributed by atoms with van der Waals surface area (Å²) >= 11 is 2.31. The largest absolute Gasteiger partial charge is 0.484 e. The Kier molecular flexibility index (Phi) is 6.93. The maximum Gasteiger partial charge on any atom is 0.264 e. The van der Waals surface area contributed by atoms with E-state index in [2.05, 4.69) is 20.8 Å². The van der Waals surface area contributed by atoms with Crippen molar-refractivity contribution in [2.24, 2.45) is 0 Å². The average molecular weight is 418 g/mol. The van der Waals surface area contributed by atoms with Crippen LogP contribution in [0.3, 0.4) is 0 Å². The minimum Gasteiger partial charge on any atom is -0.484 e. The second-order valence-electron chi connectivity index (χ2n) is 5.37. The topological polar surface area (TPSA) is 93.2 Å². The Morgan fingerprint density at radius 2 is 1.86 bits per heavy atom. The number of nitrogens with one attached hydrogen (secondary N) is 2. The van der Waals surface area contributed by atoms with Crippen molar-refractivity contribution in [2.45, 2.75) is 4.34 Å². The third-order valence-corrected chi connectivity index (χ3v) is 5.17. The summed E-state index contributed by atoms with van der Waals surface area (Å²) < 4.78 is 19.0. The highest BCUT2D eigenvalue weighted by atomic mass is 32.2. The molecule has 28 heavy (non-hydrogen) atoms. The Morgan fingerprint density at radius 1 is 1.04 bits per heavy atom. The zero-order chi connectivity index (χ0) is 19.8. The smallest absolute Gasteiger partial charge is 0.264 e. The van der Waals surface area contributed by atoms with Gasteiger partial charge in [0.05, 0.1) is 5.75 Å². The Morgan fingerprint density at radius 3 is 2.64 bits per heavy atom. The summed E-state index contributed by atoms with van der Waals surface area (Å²) in [5.74, 6) is -0.411. The van der Waals surface area contributed by atoms with Crippen molar-refractivity contribution in [3.8, 4) is 5.75 Å². The minimum absolute atomic E-state index is 0.0796. The molecule has 1 aromatic heterocycles. The van der Waals surface area contributed by atoms with Crippen LogP contribution in [-0.2, 0) is 9.59 Å². The third-order valence-electron chi connectivity index (χ3n) is 3.20. The van der Waals surface area contributed by atoms with Crippen molar-refractivity contribution in [1.82, 2.24) is 10.2 Å². The molecule has 0 aliphatic heterocycles. The first-order chi connectivity index (χ1) is 13.6. The molecule has 3 rings (SSSR count). The predicted octanol–water partition coefficient (Wildman–Crippen LogP) is 3.43. The number of nitrogens with zero attached hydrogens (tertiary/aromatic N) is 2. The molecular weight excluding hydrogens is 403 g/mol. The molecule has 0 aliphatic carbocycles. The lowest BCUT2D eigenvalue weighted by molar-refractivity contribution is -0.118. The van der Waals surface area contributed by atoms with Gasteiger partial charge >= 0.3 is 0 Å². The van der Waals surface area contributed by atoms with Crippen molar-refractivity contribution in [3.63, 3.8) is 0 Å². The van der Waals surface area contributed by atoms with Crippen LogP contribution in [0.2, 0.25) is 0 Å². The number of rotatable bonds is 8. The normalized spacial score (nSPS) is 10.3. The summed E-state index contributed by atoms with van der Waals surface area (Å²) in [7, 11) is 0. The Bertz CT molecular complexity index is 953. The van der Waals surface area contributed by atoms with Gasteiger partial charge in [0.15, 0.2) is 10.9 Å². The van der Waals surface area contributed by atoms with E-state index >= 15 is 0 Å². The fourth-order valence-electron chi connectivity index (χ4n) is 2.03. The number of anilines is 2. The number of hydrogen-bond donors (Lipinski definition) is 2. The molecule has 0 spiro atoms. The third kappa shape index (κ3) is 6.32. The number of thioether (sulfide) groups is 1. The van der Waals surface area contributed by atoms with Gasteiger partial charge in [0.2, 0.25) is 11.0 Å². The van der Waals surface area contributed by atoms with Gasteiger partial charge in [-0.15, -0.1) is 10.2 Å². The van der Waals surface area contributed by atoms with Crippen LogP contribution in [0, 0.1) is 5.82 Å². The van der Waals surface area contributed by atoms with Crippen molar-refractivity contribution < 1.29 is 18.7 Å². The Hall–Kier alpha value is -2.98. The first-order valence-electron chi connectivity index (χ1n) is 8.08. The quantitative estimate of drug-likeness (QED) is 0.430. The first-order valence-corrected chi connectivity index (χ1v) is 9.88. The molecular formula is C18H15FN4O3S2. The zero-order valence-electron chi connectivity index (χ0n) is 14.4. The fourth-order valence-corrected chi connectivity index (χ4v) is 3.60. The van der Waals surface area contributed by atoms with Crippen LogP contribution < -0.4 is 15.4 Å². The van der Waals surface area contributed by atoms with Gasteiger partial charge in [-0.1, -0.05) is 47.4 Å². The molecule has 0 radical (unpaired) electrons. The van der Waals surface area contributed by atoms with Crippen molar-refractivity contribution in [2.75, 3.05) is 23.0 Å². The monoisotopic (exact) mass is 418 g/mol. The van der Waals surface area contributed by atoms with E-state index in [1.54, 1.807) is 18.2 Å². The SMILES string of the molecule is O=C(CSc1nnc(NC(=O)COc2ccccc2)s1)Nc1cccc(F)c1. The van der Waals surface area contributed by atoms with Crippen molar-refractivity contribution >= 4 is 45.7 Å². The molecule has 7 nitrogen and oxygen atoms in total. The first kappa shape index (κ1) is 19.8. The van der Waals surface area contributed by atoms with Crippen LogP contribution in [0.15, 0.2) is 58.9 Å². The van der Waals surface area contributed by atoms with Gasteiger partial charge in [0.25, 0.3) is 5.91 Å². The minimum atomic E-state index is -0.425. The van der Waals surface area contributed by atoms with Crippen LogP contribution in [-0.4, -0.2) is 34.4 Å². The van der Waals surface area contributed by atoms with Gasteiger partial charge in [-0.05, 0) is 30.3 Å². The van der Waals surface area contributed by atoms with Gasteiger partial charge < -0.3 is 10.1 Å². The number of ether oxygens (including phenoxy) is 1. The van der Waals surface area contributed by atoms with Crippen LogP contribution in [0.5, 0.6) is 5.75 Å². The summed E-state index contributed by atoms with van der Waals surface area (Å²) in [5, 5.41) is 13.3. The highest BCUT2D eigenvalue weighted by molar-refractivity contribution is 8.01. The molecule has 0 saturated carbocycles. The van der Waals surface area contributed by atoms with Gasteiger partial charge in [0.1, 0.15) is 11.6 Å². The molecule has 2 amide bonds. The van der Waals surface area contributed by atoms with Gasteiger partial charge in [0, 0.05) is 5.69 Å². The van der Waals surface area contributed by atoms with Crippen LogP contribution in [0.25, 0.3) is 0 Å². The summed E-state index contributed by atoms with van der Waals surface area (Å²) in [6, 6.07) is 14.6. The van der Waals surface area contributed by atoms with Gasteiger partial charge in [-0.25, -0.2) is 4.39 Å². The molecule has 1 heterocycles. The van der Waals surface area contributed by atoms with Crippen molar-refractivity contribution in [3.05, 3.63) is 60.4 Å². The van der Waals surface area contributed by atoms with Gasteiger partial charge in [-0.3, -0.25) is 14.9 Å².